The zero-order valence-electron chi connectivity index (χ0n) is 17.6. The summed E-state index contributed by atoms with van der Waals surface area (Å²) in [5.74, 6) is 3.02. The third kappa shape index (κ3) is 4.58. The molecule has 1 heterocycles. The Labute approximate surface area is 172 Å². The van der Waals surface area contributed by atoms with Crippen LogP contribution in [0.4, 0.5) is 0 Å². The van der Waals surface area contributed by atoms with Crippen LogP contribution in [-0.4, -0.2) is 45.3 Å². The Bertz CT molecular complexity index is 834. The van der Waals surface area contributed by atoms with Crippen LogP contribution in [0, 0.1) is 0 Å². The lowest BCUT2D eigenvalue weighted by Gasteiger charge is -2.37. The number of carbonyl (C=O) groups is 1. The predicted octanol–water partition coefficient (Wildman–Crippen LogP) is 4.02. The van der Waals surface area contributed by atoms with Gasteiger partial charge in [0, 0.05) is 13.0 Å². The average molecular weight is 399 g/mol. The predicted molar refractivity (Wildman–Crippen MR) is 111 cm³/mol. The van der Waals surface area contributed by atoms with Crippen LogP contribution in [0.1, 0.15) is 36.9 Å². The molecule has 0 saturated heterocycles. The highest BCUT2D eigenvalue weighted by atomic mass is 16.5. The monoisotopic (exact) mass is 399 g/mol. The zero-order chi connectivity index (χ0) is 20.8. The molecule has 0 bridgehead atoms. The Hall–Kier alpha value is -2.89. The summed E-state index contributed by atoms with van der Waals surface area (Å²) in [5.41, 5.74) is 2.21. The average Bonchev–Trinajstić information content (AvgIpc) is 2.76. The van der Waals surface area contributed by atoms with Crippen molar-refractivity contribution in [3.63, 3.8) is 0 Å². The molecule has 0 fully saturated rings. The number of amides is 1. The normalized spacial score (nSPS) is 15.4. The Kier molecular flexibility index (Phi) is 6.86. The second-order valence-electron chi connectivity index (χ2n) is 7.00. The van der Waals surface area contributed by atoms with Gasteiger partial charge < -0.3 is 23.8 Å². The smallest absolute Gasteiger partial charge is 0.223 e. The van der Waals surface area contributed by atoms with E-state index in [4.69, 9.17) is 18.9 Å². The fraction of sp³-hybridized carbons (Fsp3) is 0.435. The molecule has 0 aromatic heterocycles. The van der Waals surface area contributed by atoms with Gasteiger partial charge in [-0.25, -0.2) is 0 Å². The summed E-state index contributed by atoms with van der Waals surface area (Å²) in [4.78, 5) is 14.7. The lowest BCUT2D eigenvalue weighted by molar-refractivity contribution is -0.135. The number of hydrogen-bond donors (Lipinski definition) is 0. The van der Waals surface area contributed by atoms with Gasteiger partial charge in [-0.1, -0.05) is 6.92 Å². The molecule has 1 amide bonds. The van der Waals surface area contributed by atoms with Crippen molar-refractivity contribution in [3.8, 4) is 23.0 Å². The first-order valence-electron chi connectivity index (χ1n) is 9.92. The molecule has 2 aromatic rings. The molecule has 0 N–H and O–H groups in total. The van der Waals surface area contributed by atoms with E-state index >= 15 is 0 Å². The molecule has 6 heteroatoms. The van der Waals surface area contributed by atoms with E-state index in [0.29, 0.717) is 31.1 Å². The second kappa shape index (κ2) is 9.54. The quantitative estimate of drug-likeness (QED) is 0.671. The van der Waals surface area contributed by atoms with E-state index < -0.39 is 0 Å². The Morgan fingerprint density at radius 3 is 2.28 bits per heavy atom. The third-order valence-electron chi connectivity index (χ3n) is 5.25. The maximum Gasteiger partial charge on any atom is 0.223 e. The number of hydrogen-bond acceptors (Lipinski definition) is 5. The summed E-state index contributed by atoms with van der Waals surface area (Å²) in [6.45, 7) is 3.05. The van der Waals surface area contributed by atoms with Crippen molar-refractivity contribution < 1.29 is 23.7 Å². The summed E-state index contributed by atoms with van der Waals surface area (Å²) < 4.78 is 22.2. The van der Waals surface area contributed by atoms with Crippen molar-refractivity contribution in [2.24, 2.45) is 0 Å². The fourth-order valence-corrected chi connectivity index (χ4v) is 3.71. The van der Waals surface area contributed by atoms with Gasteiger partial charge in [-0.05, 0) is 60.4 Å². The molecule has 2 aromatic carbocycles. The van der Waals surface area contributed by atoms with Crippen LogP contribution in [0.2, 0.25) is 0 Å². The Balaban J connectivity index is 1.90. The van der Waals surface area contributed by atoms with Crippen LogP contribution in [0.3, 0.4) is 0 Å². The summed E-state index contributed by atoms with van der Waals surface area (Å²) in [6, 6.07) is 11.3. The van der Waals surface area contributed by atoms with Gasteiger partial charge in [-0.3, -0.25) is 4.79 Å². The number of ether oxygens (including phenoxy) is 4. The molecule has 0 spiro atoms. The lowest BCUT2D eigenvalue weighted by Crippen LogP contribution is -2.42. The highest BCUT2D eigenvalue weighted by Gasteiger charge is 2.32. The first kappa shape index (κ1) is 20.8. The van der Waals surface area contributed by atoms with Crippen molar-refractivity contribution in [1.82, 2.24) is 4.90 Å². The minimum atomic E-state index is -0.181. The molecular formula is C23H29NO5. The summed E-state index contributed by atoms with van der Waals surface area (Å²) in [7, 11) is 4.89. The van der Waals surface area contributed by atoms with Gasteiger partial charge >= 0.3 is 0 Å². The molecule has 0 unspecified atom stereocenters. The molecule has 0 radical (unpaired) electrons. The van der Waals surface area contributed by atoms with E-state index in [2.05, 4.69) is 0 Å². The minimum Gasteiger partial charge on any atom is -0.497 e. The highest BCUT2D eigenvalue weighted by molar-refractivity contribution is 5.77. The molecule has 3 rings (SSSR count). The molecule has 156 valence electrons. The zero-order valence-corrected chi connectivity index (χ0v) is 17.6. The summed E-state index contributed by atoms with van der Waals surface area (Å²) in [5, 5.41) is 0. The van der Waals surface area contributed by atoms with Crippen molar-refractivity contribution in [2.45, 2.75) is 32.2 Å². The molecule has 6 nitrogen and oxygen atoms in total. The van der Waals surface area contributed by atoms with Crippen molar-refractivity contribution >= 4 is 5.91 Å². The number of rotatable bonds is 8. The van der Waals surface area contributed by atoms with Gasteiger partial charge in [0.25, 0.3) is 0 Å². The summed E-state index contributed by atoms with van der Waals surface area (Å²) >= 11 is 0. The van der Waals surface area contributed by atoms with Crippen molar-refractivity contribution in [2.75, 3.05) is 34.5 Å². The lowest BCUT2D eigenvalue weighted by atomic mass is 9.91. The minimum absolute atomic E-state index is 0.149. The number of benzene rings is 2. The Morgan fingerprint density at radius 2 is 1.66 bits per heavy atom. The van der Waals surface area contributed by atoms with E-state index in [-0.39, 0.29) is 11.9 Å². The molecular weight excluding hydrogens is 370 g/mol. The van der Waals surface area contributed by atoms with Gasteiger partial charge in [-0.15, -0.1) is 0 Å². The molecule has 0 saturated carbocycles. The molecule has 0 aliphatic carbocycles. The highest BCUT2D eigenvalue weighted by Crippen LogP contribution is 2.38. The van der Waals surface area contributed by atoms with Gasteiger partial charge in [0.05, 0.1) is 27.4 Å². The van der Waals surface area contributed by atoms with E-state index in [1.165, 1.54) is 0 Å². The van der Waals surface area contributed by atoms with Gasteiger partial charge in [0.1, 0.15) is 18.1 Å². The van der Waals surface area contributed by atoms with Gasteiger partial charge in [0.15, 0.2) is 11.5 Å². The number of fused-ring (bicyclic) bond motifs is 1. The SMILES string of the molecule is CCCC(=O)N1CCc2cc(OC)c(OC)cc2[C@@H]1COc1ccc(OC)cc1. The Morgan fingerprint density at radius 1 is 1.00 bits per heavy atom. The molecule has 1 aliphatic heterocycles. The van der Waals surface area contributed by atoms with Gasteiger partial charge in [0.2, 0.25) is 5.91 Å². The largest absolute Gasteiger partial charge is 0.497 e. The third-order valence-corrected chi connectivity index (χ3v) is 5.25. The van der Waals surface area contributed by atoms with Crippen molar-refractivity contribution in [1.29, 1.82) is 0 Å². The van der Waals surface area contributed by atoms with Crippen LogP contribution in [0.15, 0.2) is 36.4 Å². The number of nitrogens with zero attached hydrogens (tertiary/aromatic N) is 1. The summed E-state index contributed by atoms with van der Waals surface area (Å²) in [6.07, 6.45) is 2.13. The molecule has 1 atom stereocenters. The van der Waals surface area contributed by atoms with E-state index in [1.54, 1.807) is 21.3 Å². The first-order chi connectivity index (χ1) is 14.1. The second-order valence-corrected chi connectivity index (χ2v) is 7.00. The molecule has 1 aliphatic rings. The first-order valence-corrected chi connectivity index (χ1v) is 9.92. The van der Waals surface area contributed by atoms with Crippen LogP contribution >= 0.6 is 0 Å². The standard InChI is InChI=1S/C23H29NO5/c1-5-6-23(25)24-12-11-16-13-21(27-3)22(28-4)14-19(16)20(24)15-29-18-9-7-17(26-2)8-10-18/h7-10,13-14,20H,5-6,11-12,15H2,1-4H3/t20-/m0/s1. The van der Waals surface area contributed by atoms with E-state index in [1.807, 2.05) is 48.2 Å². The topological polar surface area (TPSA) is 57.2 Å². The van der Waals surface area contributed by atoms with E-state index in [9.17, 15) is 4.79 Å². The van der Waals surface area contributed by atoms with Crippen LogP contribution < -0.4 is 18.9 Å². The number of methoxy groups -OCH3 is 3. The van der Waals surface area contributed by atoms with Gasteiger partial charge in [-0.2, -0.15) is 0 Å². The maximum atomic E-state index is 12.8. The van der Waals surface area contributed by atoms with Crippen LogP contribution in [0.25, 0.3) is 0 Å². The number of carbonyl (C=O) groups excluding carboxylic acids is 1. The fourth-order valence-electron chi connectivity index (χ4n) is 3.71. The van der Waals surface area contributed by atoms with Crippen LogP contribution in [-0.2, 0) is 11.2 Å². The maximum absolute atomic E-state index is 12.8. The van der Waals surface area contributed by atoms with Crippen molar-refractivity contribution in [3.05, 3.63) is 47.5 Å². The van der Waals surface area contributed by atoms with Crippen LogP contribution in [0.5, 0.6) is 23.0 Å². The molecule has 29 heavy (non-hydrogen) atoms. The van der Waals surface area contributed by atoms with E-state index in [0.717, 1.165) is 35.5 Å².